The molecule has 9 heteroatoms. The third-order valence-electron chi connectivity index (χ3n) is 4.28. The van der Waals surface area contributed by atoms with Crippen LogP contribution in [0.25, 0.3) is 11.4 Å². The van der Waals surface area contributed by atoms with Crippen LogP contribution >= 0.6 is 0 Å². The summed E-state index contributed by atoms with van der Waals surface area (Å²) in [5, 5.41) is 10.5. The van der Waals surface area contributed by atoms with E-state index in [1.807, 2.05) is 26.0 Å². The first-order valence-corrected chi connectivity index (χ1v) is 9.17. The van der Waals surface area contributed by atoms with Crippen molar-refractivity contribution in [2.75, 3.05) is 6.54 Å². The van der Waals surface area contributed by atoms with Crippen molar-refractivity contribution in [2.45, 2.75) is 13.8 Å². The quantitative estimate of drug-likeness (QED) is 0.537. The standard InChI is InChI=1S/C21H22FN7O/c1-13-7-10-20(14(2)26-13)29-12-19(27-28-29)21(30)25-11-15(23)8-9-18(24)16-5-3-4-6-17(16)22/h3-10,12H,11,23-24H2,1-2H3,(H,25,30)/b15-8-,18-9-. The molecular weight excluding hydrogens is 385 g/mol. The molecule has 0 radical (unpaired) electrons. The monoisotopic (exact) mass is 407 g/mol. The Bertz CT molecular complexity index is 1130. The summed E-state index contributed by atoms with van der Waals surface area (Å²) in [6, 6.07) is 9.88. The lowest BCUT2D eigenvalue weighted by molar-refractivity contribution is 0.0952. The van der Waals surface area contributed by atoms with Gasteiger partial charge in [-0.15, -0.1) is 5.10 Å². The van der Waals surface area contributed by atoms with Crippen molar-refractivity contribution in [3.63, 3.8) is 0 Å². The van der Waals surface area contributed by atoms with Crippen LogP contribution in [-0.4, -0.2) is 32.4 Å². The molecular formula is C21H22FN7O. The zero-order valence-electron chi connectivity index (χ0n) is 16.6. The van der Waals surface area contributed by atoms with E-state index >= 15 is 0 Å². The van der Waals surface area contributed by atoms with E-state index in [4.69, 9.17) is 11.5 Å². The average Bonchev–Trinajstić information content (AvgIpc) is 3.20. The number of hydrogen-bond donors (Lipinski definition) is 3. The Kier molecular flexibility index (Phi) is 6.21. The lowest BCUT2D eigenvalue weighted by atomic mass is 10.1. The Hall–Kier alpha value is -4.01. The number of benzene rings is 1. The fourth-order valence-electron chi connectivity index (χ4n) is 2.72. The molecule has 0 unspecified atom stereocenters. The normalized spacial score (nSPS) is 12.1. The molecule has 1 aromatic carbocycles. The highest BCUT2D eigenvalue weighted by Crippen LogP contribution is 2.14. The van der Waals surface area contributed by atoms with E-state index < -0.39 is 11.7 Å². The number of pyridine rings is 1. The van der Waals surface area contributed by atoms with Crippen molar-refractivity contribution in [3.05, 3.63) is 88.9 Å². The molecule has 0 bridgehead atoms. The Morgan fingerprint density at radius 3 is 2.67 bits per heavy atom. The molecule has 0 saturated carbocycles. The van der Waals surface area contributed by atoms with Gasteiger partial charge in [0.15, 0.2) is 5.69 Å². The third kappa shape index (κ3) is 4.88. The van der Waals surface area contributed by atoms with Gasteiger partial charge in [-0.3, -0.25) is 9.78 Å². The number of carbonyl (C=O) groups excluding carboxylic acids is 1. The molecule has 8 nitrogen and oxygen atoms in total. The molecule has 3 aromatic rings. The summed E-state index contributed by atoms with van der Waals surface area (Å²) < 4.78 is 15.2. The molecule has 3 rings (SSSR count). The van der Waals surface area contributed by atoms with Crippen LogP contribution in [0, 0.1) is 19.7 Å². The number of allylic oxidation sites excluding steroid dienone is 2. The number of nitrogens with one attached hydrogen (secondary N) is 1. The molecule has 2 aromatic heterocycles. The van der Waals surface area contributed by atoms with E-state index in [9.17, 15) is 9.18 Å². The highest BCUT2D eigenvalue weighted by atomic mass is 19.1. The highest BCUT2D eigenvalue weighted by Gasteiger charge is 2.13. The second-order valence-corrected chi connectivity index (χ2v) is 6.63. The molecule has 0 spiro atoms. The highest BCUT2D eigenvalue weighted by molar-refractivity contribution is 5.92. The fourth-order valence-corrected chi connectivity index (χ4v) is 2.72. The first kappa shape index (κ1) is 20.7. The van der Waals surface area contributed by atoms with Gasteiger partial charge in [0.2, 0.25) is 0 Å². The lowest BCUT2D eigenvalue weighted by Crippen LogP contribution is -2.28. The van der Waals surface area contributed by atoms with Crippen LogP contribution in [0.3, 0.4) is 0 Å². The van der Waals surface area contributed by atoms with Gasteiger partial charge in [-0.2, -0.15) is 0 Å². The van der Waals surface area contributed by atoms with Gasteiger partial charge in [0.05, 0.1) is 24.1 Å². The van der Waals surface area contributed by atoms with Crippen LogP contribution in [-0.2, 0) is 0 Å². The van der Waals surface area contributed by atoms with Crippen LogP contribution < -0.4 is 16.8 Å². The van der Waals surface area contributed by atoms with Crippen molar-refractivity contribution < 1.29 is 9.18 Å². The summed E-state index contributed by atoms with van der Waals surface area (Å²) in [6.45, 7) is 3.82. The summed E-state index contributed by atoms with van der Waals surface area (Å²) >= 11 is 0. The van der Waals surface area contributed by atoms with Crippen LogP contribution in [0.5, 0.6) is 0 Å². The molecule has 1 amide bonds. The minimum atomic E-state index is -0.429. The van der Waals surface area contributed by atoms with Crippen molar-refractivity contribution in [1.29, 1.82) is 0 Å². The molecule has 0 fully saturated rings. The van der Waals surface area contributed by atoms with Crippen LogP contribution in [0.15, 0.2) is 60.4 Å². The van der Waals surface area contributed by atoms with E-state index in [1.54, 1.807) is 18.2 Å². The minimum Gasteiger partial charge on any atom is -0.401 e. The van der Waals surface area contributed by atoms with Crippen molar-refractivity contribution in [2.24, 2.45) is 11.5 Å². The summed E-state index contributed by atoms with van der Waals surface area (Å²) in [5.74, 6) is -0.852. The van der Waals surface area contributed by atoms with Crippen LogP contribution in [0.1, 0.15) is 27.4 Å². The second kappa shape index (κ2) is 8.99. The minimum absolute atomic E-state index is 0.0673. The number of carbonyl (C=O) groups is 1. The van der Waals surface area contributed by atoms with Crippen molar-refractivity contribution in [1.82, 2.24) is 25.3 Å². The molecule has 0 aliphatic heterocycles. The van der Waals surface area contributed by atoms with E-state index in [0.29, 0.717) is 5.70 Å². The van der Waals surface area contributed by atoms with Gasteiger partial charge in [-0.1, -0.05) is 17.3 Å². The number of halogens is 1. The van der Waals surface area contributed by atoms with Gasteiger partial charge in [-0.25, -0.2) is 9.07 Å². The largest absolute Gasteiger partial charge is 0.401 e. The Balaban J connectivity index is 1.63. The Morgan fingerprint density at radius 1 is 1.17 bits per heavy atom. The second-order valence-electron chi connectivity index (χ2n) is 6.63. The number of amides is 1. The predicted molar refractivity (Wildman–Crippen MR) is 112 cm³/mol. The predicted octanol–water partition coefficient (Wildman–Crippen LogP) is 1.99. The Morgan fingerprint density at radius 2 is 1.93 bits per heavy atom. The number of nitrogens with zero attached hydrogens (tertiary/aromatic N) is 4. The zero-order chi connectivity index (χ0) is 21.7. The van der Waals surface area contributed by atoms with Gasteiger partial charge < -0.3 is 16.8 Å². The molecule has 0 aliphatic carbocycles. The zero-order valence-corrected chi connectivity index (χ0v) is 16.6. The number of aryl methyl sites for hydroxylation is 2. The molecule has 154 valence electrons. The SMILES string of the molecule is Cc1ccc(-n2cc(C(=O)NC/C(N)=C/C=C(\N)c3ccccc3F)nn2)c(C)n1. The molecule has 30 heavy (non-hydrogen) atoms. The number of hydrogen-bond acceptors (Lipinski definition) is 6. The van der Waals surface area contributed by atoms with Gasteiger partial charge in [0.25, 0.3) is 5.91 Å². The average molecular weight is 407 g/mol. The summed E-state index contributed by atoms with van der Waals surface area (Å²) in [6.07, 6.45) is 4.52. The summed E-state index contributed by atoms with van der Waals surface area (Å²) in [4.78, 5) is 16.7. The molecule has 5 N–H and O–H groups in total. The van der Waals surface area contributed by atoms with Gasteiger partial charge in [0.1, 0.15) is 5.82 Å². The maximum absolute atomic E-state index is 13.7. The van der Waals surface area contributed by atoms with Crippen LogP contribution in [0.2, 0.25) is 0 Å². The number of rotatable bonds is 6. The summed E-state index contributed by atoms with van der Waals surface area (Å²) in [7, 11) is 0. The van der Waals surface area contributed by atoms with Crippen molar-refractivity contribution in [3.8, 4) is 5.69 Å². The van der Waals surface area contributed by atoms with E-state index in [0.717, 1.165) is 17.1 Å². The van der Waals surface area contributed by atoms with Gasteiger partial charge in [0, 0.05) is 22.7 Å². The molecule has 0 aliphatic rings. The number of aromatic nitrogens is 4. The van der Waals surface area contributed by atoms with E-state index in [-0.39, 0.29) is 23.5 Å². The summed E-state index contributed by atoms with van der Waals surface area (Å²) in [5.41, 5.74) is 15.2. The molecule has 2 heterocycles. The van der Waals surface area contributed by atoms with Gasteiger partial charge in [-0.05, 0) is 50.3 Å². The number of nitrogens with two attached hydrogens (primary N) is 2. The Labute approximate surface area is 173 Å². The van der Waals surface area contributed by atoms with E-state index in [2.05, 4.69) is 20.6 Å². The smallest absolute Gasteiger partial charge is 0.273 e. The maximum Gasteiger partial charge on any atom is 0.273 e. The van der Waals surface area contributed by atoms with Gasteiger partial charge >= 0.3 is 0 Å². The fraction of sp³-hybridized carbons (Fsp3) is 0.143. The van der Waals surface area contributed by atoms with Crippen molar-refractivity contribution >= 4 is 11.6 Å². The molecule has 0 atom stereocenters. The van der Waals surface area contributed by atoms with Crippen LogP contribution in [0.4, 0.5) is 4.39 Å². The lowest BCUT2D eigenvalue weighted by Gasteiger charge is -2.05. The van der Waals surface area contributed by atoms with E-state index in [1.165, 1.54) is 29.1 Å². The third-order valence-corrected chi connectivity index (χ3v) is 4.28. The maximum atomic E-state index is 13.7. The molecule has 0 saturated heterocycles. The first-order valence-electron chi connectivity index (χ1n) is 9.17. The first-order chi connectivity index (χ1) is 14.3. The topological polar surface area (TPSA) is 125 Å².